The first-order chi connectivity index (χ1) is 7.65. The maximum Gasteiger partial charge on any atom is 0.157 e. The number of benzene rings is 1. The van der Waals surface area contributed by atoms with Crippen molar-refractivity contribution in [1.82, 2.24) is 0 Å². The molecule has 2 nitrogen and oxygen atoms in total. The highest BCUT2D eigenvalue weighted by molar-refractivity contribution is 14.1. The van der Waals surface area contributed by atoms with E-state index in [1.54, 1.807) is 6.08 Å². The Kier molecular flexibility index (Phi) is 3.63. The third-order valence-electron chi connectivity index (χ3n) is 2.62. The van der Waals surface area contributed by atoms with Crippen LogP contribution in [-0.4, -0.2) is 5.78 Å². The number of halogens is 1. The molecule has 1 atom stereocenters. The van der Waals surface area contributed by atoms with Crippen LogP contribution in [0.1, 0.15) is 19.8 Å². The average molecular weight is 327 g/mol. The van der Waals surface area contributed by atoms with Crippen molar-refractivity contribution in [3.8, 4) is 0 Å². The summed E-state index contributed by atoms with van der Waals surface area (Å²) in [4.78, 5) is 11.4. The minimum Gasteiger partial charge on any atom is -0.358 e. The number of carbonyl (C=O) groups is 1. The molecule has 0 saturated carbocycles. The van der Waals surface area contributed by atoms with Crippen molar-refractivity contribution in [3.05, 3.63) is 39.6 Å². The lowest BCUT2D eigenvalue weighted by Gasteiger charge is -2.20. The van der Waals surface area contributed by atoms with Gasteiger partial charge >= 0.3 is 0 Å². The summed E-state index contributed by atoms with van der Waals surface area (Å²) in [5.41, 5.74) is 2.11. The Morgan fingerprint density at radius 1 is 1.31 bits per heavy atom. The first-order valence-electron chi connectivity index (χ1n) is 5.40. The largest absolute Gasteiger partial charge is 0.358 e. The predicted molar refractivity (Wildman–Crippen MR) is 74.3 cm³/mol. The van der Waals surface area contributed by atoms with Crippen LogP contribution in [0.25, 0.3) is 0 Å². The fourth-order valence-electron chi connectivity index (χ4n) is 1.93. The van der Waals surface area contributed by atoms with E-state index < -0.39 is 0 Å². The standard InChI is InChI=1S/C13H14INO/c1-9-6-10(8-11(16)7-9)15-13-5-3-2-4-12(13)14/h2-5,8-9,15H,6-7H2,1H3. The van der Waals surface area contributed by atoms with E-state index in [1.165, 1.54) is 3.57 Å². The SMILES string of the molecule is CC1CC(=O)C=C(Nc2ccccc2I)C1. The van der Waals surface area contributed by atoms with Gasteiger partial charge in [0.25, 0.3) is 0 Å². The van der Waals surface area contributed by atoms with Gasteiger partial charge in [0.1, 0.15) is 0 Å². The molecule has 1 aromatic carbocycles. The highest BCUT2D eigenvalue weighted by Crippen LogP contribution is 2.25. The van der Waals surface area contributed by atoms with Crippen LogP contribution in [0.5, 0.6) is 0 Å². The molecule has 1 unspecified atom stereocenters. The molecule has 0 spiro atoms. The lowest BCUT2D eigenvalue weighted by Crippen LogP contribution is -2.15. The Balaban J connectivity index is 2.16. The van der Waals surface area contributed by atoms with Crippen LogP contribution >= 0.6 is 22.6 Å². The molecule has 16 heavy (non-hydrogen) atoms. The second-order valence-electron chi connectivity index (χ2n) is 4.25. The summed E-state index contributed by atoms with van der Waals surface area (Å²) in [6.45, 7) is 2.11. The molecular weight excluding hydrogens is 313 g/mol. The Morgan fingerprint density at radius 2 is 2.06 bits per heavy atom. The van der Waals surface area contributed by atoms with E-state index in [4.69, 9.17) is 0 Å². The maximum absolute atomic E-state index is 11.4. The number of carbonyl (C=O) groups excluding carboxylic acids is 1. The molecule has 0 saturated heterocycles. The van der Waals surface area contributed by atoms with Crippen LogP contribution < -0.4 is 5.32 Å². The van der Waals surface area contributed by atoms with E-state index in [2.05, 4.69) is 40.9 Å². The summed E-state index contributed by atoms with van der Waals surface area (Å²) >= 11 is 2.29. The van der Waals surface area contributed by atoms with Crippen molar-refractivity contribution in [3.63, 3.8) is 0 Å². The number of nitrogens with one attached hydrogen (secondary N) is 1. The van der Waals surface area contributed by atoms with Crippen molar-refractivity contribution in [1.29, 1.82) is 0 Å². The van der Waals surface area contributed by atoms with Crippen LogP contribution in [0.2, 0.25) is 0 Å². The first kappa shape index (κ1) is 11.6. The molecule has 84 valence electrons. The van der Waals surface area contributed by atoms with E-state index in [9.17, 15) is 4.79 Å². The van der Waals surface area contributed by atoms with E-state index >= 15 is 0 Å². The quantitative estimate of drug-likeness (QED) is 0.841. The summed E-state index contributed by atoms with van der Waals surface area (Å²) in [5.74, 6) is 0.675. The fraction of sp³-hybridized carbons (Fsp3) is 0.308. The van der Waals surface area contributed by atoms with Gasteiger partial charge in [0.15, 0.2) is 5.78 Å². The van der Waals surface area contributed by atoms with Crippen LogP contribution in [0.3, 0.4) is 0 Å². The smallest absolute Gasteiger partial charge is 0.157 e. The van der Waals surface area contributed by atoms with Gasteiger partial charge in [-0.1, -0.05) is 19.1 Å². The van der Waals surface area contributed by atoms with Crippen molar-refractivity contribution in [2.24, 2.45) is 5.92 Å². The van der Waals surface area contributed by atoms with E-state index in [0.29, 0.717) is 12.3 Å². The third-order valence-corrected chi connectivity index (χ3v) is 3.56. The van der Waals surface area contributed by atoms with Crippen molar-refractivity contribution >= 4 is 34.1 Å². The molecule has 0 aromatic heterocycles. The molecule has 1 aliphatic rings. The lowest BCUT2D eigenvalue weighted by atomic mass is 9.93. The molecular formula is C13H14INO. The van der Waals surface area contributed by atoms with Crippen LogP contribution in [-0.2, 0) is 4.79 Å². The van der Waals surface area contributed by atoms with Gasteiger partial charge in [0, 0.05) is 21.8 Å². The average Bonchev–Trinajstić information content (AvgIpc) is 2.20. The zero-order chi connectivity index (χ0) is 11.5. The van der Waals surface area contributed by atoms with Gasteiger partial charge in [-0.15, -0.1) is 0 Å². The van der Waals surface area contributed by atoms with Gasteiger partial charge in [-0.2, -0.15) is 0 Å². The molecule has 1 N–H and O–H groups in total. The molecule has 1 aromatic rings. The van der Waals surface area contributed by atoms with E-state index in [1.807, 2.05) is 18.2 Å². The van der Waals surface area contributed by atoms with E-state index in [0.717, 1.165) is 17.8 Å². The van der Waals surface area contributed by atoms with Gasteiger partial charge in [0.2, 0.25) is 0 Å². The number of ketones is 1. The van der Waals surface area contributed by atoms with Gasteiger partial charge in [-0.3, -0.25) is 4.79 Å². The zero-order valence-electron chi connectivity index (χ0n) is 9.16. The molecule has 0 radical (unpaired) electrons. The van der Waals surface area contributed by atoms with Gasteiger partial charge in [-0.25, -0.2) is 0 Å². The Morgan fingerprint density at radius 3 is 2.75 bits per heavy atom. The molecule has 1 aliphatic carbocycles. The summed E-state index contributed by atoms with van der Waals surface area (Å²) in [5, 5.41) is 3.34. The summed E-state index contributed by atoms with van der Waals surface area (Å²) in [6.07, 6.45) is 3.37. The number of allylic oxidation sites excluding steroid dienone is 2. The monoisotopic (exact) mass is 327 g/mol. The van der Waals surface area contributed by atoms with Crippen molar-refractivity contribution < 1.29 is 4.79 Å². The first-order valence-corrected chi connectivity index (χ1v) is 6.48. The molecule has 0 amide bonds. The minimum atomic E-state index is 0.229. The van der Waals surface area contributed by atoms with Crippen molar-refractivity contribution in [2.75, 3.05) is 5.32 Å². The third kappa shape index (κ3) is 2.84. The molecule has 2 rings (SSSR count). The van der Waals surface area contributed by atoms with Crippen LogP contribution in [0.15, 0.2) is 36.0 Å². The van der Waals surface area contributed by atoms with Gasteiger partial charge < -0.3 is 5.32 Å². The Hall–Kier alpha value is -0.840. The minimum absolute atomic E-state index is 0.229. The van der Waals surface area contributed by atoms with Crippen LogP contribution in [0.4, 0.5) is 5.69 Å². The normalized spacial score (nSPS) is 20.5. The highest BCUT2D eigenvalue weighted by atomic mass is 127. The van der Waals surface area contributed by atoms with Crippen LogP contribution in [0, 0.1) is 9.49 Å². The van der Waals surface area contributed by atoms with E-state index in [-0.39, 0.29) is 5.78 Å². The highest BCUT2D eigenvalue weighted by Gasteiger charge is 2.17. The van der Waals surface area contributed by atoms with Crippen molar-refractivity contribution in [2.45, 2.75) is 19.8 Å². The topological polar surface area (TPSA) is 29.1 Å². The maximum atomic E-state index is 11.4. The van der Waals surface area contributed by atoms with Gasteiger partial charge in [-0.05, 0) is 47.1 Å². The fourth-order valence-corrected chi connectivity index (χ4v) is 2.45. The predicted octanol–water partition coefficient (Wildman–Crippen LogP) is 3.59. The Bertz CT molecular complexity index is 439. The molecule has 0 heterocycles. The second-order valence-corrected chi connectivity index (χ2v) is 5.42. The second kappa shape index (κ2) is 4.99. The molecule has 0 fully saturated rings. The zero-order valence-corrected chi connectivity index (χ0v) is 11.3. The molecule has 0 aliphatic heterocycles. The number of anilines is 1. The molecule has 3 heteroatoms. The Labute approximate surface area is 109 Å². The number of rotatable bonds is 2. The summed E-state index contributed by atoms with van der Waals surface area (Å²) in [6, 6.07) is 8.10. The number of hydrogen-bond donors (Lipinski definition) is 1. The summed E-state index contributed by atoms with van der Waals surface area (Å²) in [7, 11) is 0. The molecule has 0 bridgehead atoms. The van der Waals surface area contributed by atoms with Gasteiger partial charge in [0.05, 0.1) is 5.69 Å². The lowest BCUT2D eigenvalue weighted by molar-refractivity contribution is -0.115. The summed E-state index contributed by atoms with van der Waals surface area (Å²) < 4.78 is 1.17. The number of para-hydroxylation sites is 1. The number of hydrogen-bond acceptors (Lipinski definition) is 2.